The van der Waals surface area contributed by atoms with E-state index in [0.29, 0.717) is 13.0 Å². The van der Waals surface area contributed by atoms with E-state index in [1.807, 2.05) is 36.9 Å². The normalized spacial score (nSPS) is 15.1. The Hall–Kier alpha value is -1.17. The minimum absolute atomic E-state index is 0. The van der Waals surface area contributed by atoms with Crippen LogP contribution in [0.5, 0.6) is 5.75 Å². The van der Waals surface area contributed by atoms with Crippen LogP contribution >= 0.6 is 24.8 Å². The van der Waals surface area contributed by atoms with E-state index in [4.69, 9.17) is 10.5 Å². The summed E-state index contributed by atoms with van der Waals surface area (Å²) < 4.78 is 5.69. The average Bonchev–Trinajstić information content (AvgIpc) is 2.53. The highest BCUT2D eigenvalue weighted by Gasteiger charge is 2.22. The first-order valence-corrected chi connectivity index (χ1v) is 8.12. The lowest BCUT2D eigenvalue weighted by Crippen LogP contribution is -2.49. The van der Waals surface area contributed by atoms with Crippen LogP contribution in [0.4, 0.5) is 5.69 Å². The lowest BCUT2D eigenvalue weighted by molar-refractivity contribution is -0.131. The Balaban J connectivity index is 0.00000264. The molecule has 1 atom stereocenters. The van der Waals surface area contributed by atoms with Crippen LogP contribution in [0.3, 0.4) is 0 Å². The molecule has 1 amide bonds. The second-order valence-electron chi connectivity index (χ2n) is 5.78. The van der Waals surface area contributed by atoms with Gasteiger partial charge in [0.25, 0.3) is 0 Å². The van der Waals surface area contributed by atoms with Gasteiger partial charge in [-0.25, -0.2) is 0 Å². The highest BCUT2D eigenvalue weighted by Crippen LogP contribution is 2.28. The number of nitrogens with two attached hydrogens (primary N) is 1. The van der Waals surface area contributed by atoms with Gasteiger partial charge in [0.2, 0.25) is 5.91 Å². The molecule has 1 heterocycles. The summed E-state index contributed by atoms with van der Waals surface area (Å²) in [4.78, 5) is 16.4. The SMILES string of the molecule is CCOc1ccccc1N1CCN(C(=O)CCC(C)N)CC1.Cl.Cl. The van der Waals surface area contributed by atoms with Gasteiger partial charge < -0.3 is 20.3 Å². The van der Waals surface area contributed by atoms with E-state index < -0.39 is 0 Å². The fourth-order valence-corrected chi connectivity index (χ4v) is 2.70. The second-order valence-corrected chi connectivity index (χ2v) is 5.78. The van der Waals surface area contributed by atoms with E-state index >= 15 is 0 Å². The molecule has 1 aliphatic heterocycles. The van der Waals surface area contributed by atoms with Crippen molar-refractivity contribution < 1.29 is 9.53 Å². The van der Waals surface area contributed by atoms with Gasteiger partial charge >= 0.3 is 0 Å². The zero-order valence-electron chi connectivity index (χ0n) is 14.4. The van der Waals surface area contributed by atoms with Crippen LogP contribution in [-0.2, 0) is 4.79 Å². The van der Waals surface area contributed by atoms with Crippen molar-refractivity contribution in [3.05, 3.63) is 24.3 Å². The van der Waals surface area contributed by atoms with E-state index in [2.05, 4.69) is 11.0 Å². The molecule has 2 rings (SSSR count). The summed E-state index contributed by atoms with van der Waals surface area (Å²) in [7, 11) is 0. The maximum absolute atomic E-state index is 12.1. The molecule has 2 N–H and O–H groups in total. The fourth-order valence-electron chi connectivity index (χ4n) is 2.70. The predicted molar refractivity (Wildman–Crippen MR) is 104 cm³/mol. The molecule has 0 bridgehead atoms. The molecule has 0 radical (unpaired) electrons. The molecule has 24 heavy (non-hydrogen) atoms. The monoisotopic (exact) mass is 377 g/mol. The molecule has 5 nitrogen and oxygen atoms in total. The molecule has 138 valence electrons. The summed E-state index contributed by atoms with van der Waals surface area (Å²) in [5.41, 5.74) is 6.84. The van der Waals surface area contributed by atoms with Gasteiger partial charge in [0.05, 0.1) is 12.3 Å². The molecule has 0 aromatic heterocycles. The first-order chi connectivity index (χ1) is 10.6. The average molecular weight is 378 g/mol. The van der Waals surface area contributed by atoms with Crippen molar-refractivity contribution in [1.29, 1.82) is 0 Å². The summed E-state index contributed by atoms with van der Waals surface area (Å²) in [6.45, 7) is 7.80. The van der Waals surface area contributed by atoms with Crippen LogP contribution in [0.15, 0.2) is 24.3 Å². The summed E-state index contributed by atoms with van der Waals surface area (Å²) in [6, 6.07) is 8.18. The first kappa shape index (κ1) is 22.8. The van der Waals surface area contributed by atoms with Gasteiger partial charge in [0.1, 0.15) is 5.75 Å². The lowest BCUT2D eigenvalue weighted by atomic mass is 10.1. The van der Waals surface area contributed by atoms with E-state index in [1.54, 1.807) is 0 Å². The van der Waals surface area contributed by atoms with Crippen molar-refractivity contribution in [2.75, 3.05) is 37.7 Å². The Morgan fingerprint density at radius 1 is 1.21 bits per heavy atom. The van der Waals surface area contributed by atoms with Crippen LogP contribution in [0, 0.1) is 0 Å². The number of carbonyl (C=O) groups is 1. The number of piperazine rings is 1. The fraction of sp³-hybridized carbons (Fsp3) is 0.588. The topological polar surface area (TPSA) is 58.8 Å². The Kier molecular flexibility index (Phi) is 10.8. The summed E-state index contributed by atoms with van der Waals surface area (Å²) in [6.07, 6.45) is 1.30. The molecule has 7 heteroatoms. The molecule has 1 fully saturated rings. The Morgan fingerprint density at radius 2 is 1.83 bits per heavy atom. The second kappa shape index (κ2) is 11.4. The largest absolute Gasteiger partial charge is 0.492 e. The van der Waals surface area contributed by atoms with Crippen LogP contribution in [0.1, 0.15) is 26.7 Å². The summed E-state index contributed by atoms with van der Waals surface area (Å²) in [5, 5.41) is 0. The number of para-hydroxylation sites is 2. The number of halogens is 2. The number of ether oxygens (including phenoxy) is 1. The smallest absolute Gasteiger partial charge is 0.222 e. The molecule has 1 unspecified atom stereocenters. The first-order valence-electron chi connectivity index (χ1n) is 8.12. The predicted octanol–water partition coefficient (Wildman–Crippen LogP) is 2.70. The van der Waals surface area contributed by atoms with E-state index in [1.165, 1.54) is 0 Å². The van der Waals surface area contributed by atoms with Gasteiger partial charge in [-0.2, -0.15) is 0 Å². The van der Waals surface area contributed by atoms with Crippen molar-refractivity contribution in [3.63, 3.8) is 0 Å². The maximum Gasteiger partial charge on any atom is 0.222 e. The number of anilines is 1. The number of benzene rings is 1. The van der Waals surface area contributed by atoms with Gasteiger partial charge in [0, 0.05) is 38.6 Å². The van der Waals surface area contributed by atoms with Crippen molar-refractivity contribution in [3.8, 4) is 5.75 Å². The highest BCUT2D eigenvalue weighted by molar-refractivity contribution is 5.85. The van der Waals surface area contributed by atoms with Gasteiger partial charge in [-0.1, -0.05) is 12.1 Å². The third-order valence-corrected chi connectivity index (χ3v) is 3.95. The zero-order chi connectivity index (χ0) is 15.9. The van der Waals surface area contributed by atoms with E-state index in [0.717, 1.165) is 44.0 Å². The summed E-state index contributed by atoms with van der Waals surface area (Å²) >= 11 is 0. The van der Waals surface area contributed by atoms with Gasteiger partial charge in [-0.3, -0.25) is 4.79 Å². The lowest BCUT2D eigenvalue weighted by Gasteiger charge is -2.36. The number of hydrogen-bond donors (Lipinski definition) is 1. The third kappa shape index (κ3) is 6.38. The highest BCUT2D eigenvalue weighted by atomic mass is 35.5. The van der Waals surface area contributed by atoms with Crippen LogP contribution < -0.4 is 15.4 Å². The molecular formula is C17H29Cl2N3O2. The van der Waals surface area contributed by atoms with Gasteiger partial charge in [0.15, 0.2) is 0 Å². The van der Waals surface area contributed by atoms with E-state index in [9.17, 15) is 4.79 Å². The minimum atomic E-state index is 0. The Labute approximate surface area is 157 Å². The number of amides is 1. The van der Waals surface area contributed by atoms with E-state index in [-0.39, 0.29) is 36.8 Å². The van der Waals surface area contributed by atoms with Crippen molar-refractivity contribution in [2.45, 2.75) is 32.7 Å². The van der Waals surface area contributed by atoms with Crippen LogP contribution in [-0.4, -0.2) is 49.6 Å². The molecule has 1 aromatic rings. The molecule has 0 saturated carbocycles. The molecule has 1 aliphatic rings. The van der Waals surface area contributed by atoms with Crippen molar-refractivity contribution >= 4 is 36.4 Å². The molecule has 0 spiro atoms. The quantitative estimate of drug-likeness (QED) is 0.827. The van der Waals surface area contributed by atoms with Crippen molar-refractivity contribution in [1.82, 2.24) is 4.90 Å². The Bertz CT molecular complexity index is 492. The van der Waals surface area contributed by atoms with Crippen LogP contribution in [0.2, 0.25) is 0 Å². The third-order valence-electron chi connectivity index (χ3n) is 3.95. The standard InChI is InChI=1S/C17H27N3O2.2ClH/c1-3-22-16-7-5-4-6-15(16)19-10-12-20(13-11-19)17(21)9-8-14(2)18;;/h4-7,14H,3,8-13,18H2,1-2H3;2*1H. The zero-order valence-corrected chi connectivity index (χ0v) is 16.1. The maximum atomic E-state index is 12.1. The number of hydrogen-bond acceptors (Lipinski definition) is 4. The minimum Gasteiger partial charge on any atom is -0.492 e. The number of carbonyl (C=O) groups excluding carboxylic acids is 1. The number of rotatable bonds is 6. The summed E-state index contributed by atoms with van der Waals surface area (Å²) in [5.74, 6) is 1.14. The molecule has 1 aromatic carbocycles. The van der Waals surface area contributed by atoms with Gasteiger partial charge in [-0.05, 0) is 32.4 Å². The Morgan fingerprint density at radius 3 is 2.42 bits per heavy atom. The molecule has 0 aliphatic carbocycles. The van der Waals surface area contributed by atoms with Gasteiger partial charge in [-0.15, -0.1) is 24.8 Å². The van der Waals surface area contributed by atoms with Crippen molar-refractivity contribution in [2.24, 2.45) is 5.73 Å². The molecule has 1 saturated heterocycles. The van der Waals surface area contributed by atoms with Crippen LogP contribution in [0.25, 0.3) is 0 Å². The number of nitrogens with zero attached hydrogens (tertiary/aromatic N) is 2. The molecular weight excluding hydrogens is 349 g/mol.